The molecule has 10 heteroatoms. The lowest BCUT2D eigenvalue weighted by molar-refractivity contribution is 0.101. The van der Waals surface area contributed by atoms with Crippen molar-refractivity contribution in [2.75, 3.05) is 25.0 Å². The van der Waals surface area contributed by atoms with Gasteiger partial charge >= 0.3 is 6.09 Å². The number of anilines is 1. The van der Waals surface area contributed by atoms with E-state index < -0.39 is 10.0 Å². The fourth-order valence-electron chi connectivity index (χ4n) is 4.08. The first-order chi connectivity index (χ1) is 16.4. The van der Waals surface area contributed by atoms with Crippen molar-refractivity contribution in [3.8, 4) is 0 Å². The Morgan fingerprint density at radius 1 is 1.18 bits per heavy atom. The predicted molar refractivity (Wildman–Crippen MR) is 130 cm³/mol. The Labute approximate surface area is 200 Å². The van der Waals surface area contributed by atoms with Gasteiger partial charge in [-0.3, -0.25) is 0 Å². The first-order valence-corrected chi connectivity index (χ1v) is 13.2. The molecular weight excluding hydrogens is 454 g/mol. The Kier molecular flexibility index (Phi) is 7.35. The van der Waals surface area contributed by atoms with Crippen LogP contribution in [0.3, 0.4) is 0 Å². The summed E-state index contributed by atoms with van der Waals surface area (Å²) in [5, 5.41) is 4.03. The molecule has 1 aliphatic heterocycles. The number of rotatable bonds is 7. The van der Waals surface area contributed by atoms with Crippen molar-refractivity contribution >= 4 is 33.0 Å². The zero-order chi connectivity index (χ0) is 24.1. The smallest absolute Gasteiger partial charge is 0.409 e. The number of hydrogen-bond acceptors (Lipinski definition) is 7. The summed E-state index contributed by atoms with van der Waals surface area (Å²) in [6, 6.07) is 8.40. The largest absolute Gasteiger partial charge is 0.449 e. The summed E-state index contributed by atoms with van der Waals surface area (Å²) in [5.74, 6) is 0.550. The normalized spacial score (nSPS) is 16.9. The van der Waals surface area contributed by atoms with Crippen molar-refractivity contribution in [1.82, 2.24) is 18.8 Å². The lowest BCUT2D eigenvalue weighted by atomic mass is 10.1. The summed E-state index contributed by atoms with van der Waals surface area (Å²) in [6.45, 7) is 5.55. The molecule has 9 nitrogen and oxygen atoms in total. The van der Waals surface area contributed by atoms with Crippen molar-refractivity contribution in [3.63, 3.8) is 0 Å². The standard InChI is InChI=1S/C24H31N5O4S/c1-3-4-15-33-24(30)28-13-6-5-7-19(16-28)27-22-21-12-14-29(23(21)26-17-25-22)34(31,32)20-10-8-18(2)9-11-20/h8-12,14,17,19H,3-7,13,15-16H2,1-2H3,(H,25,26,27). The number of carbonyl (C=O) groups excluding carboxylic acids is 1. The Morgan fingerprint density at radius 2 is 1.97 bits per heavy atom. The summed E-state index contributed by atoms with van der Waals surface area (Å²) >= 11 is 0. The molecule has 1 amide bonds. The number of hydrogen-bond donors (Lipinski definition) is 1. The monoisotopic (exact) mass is 485 g/mol. The fourth-order valence-corrected chi connectivity index (χ4v) is 5.38. The minimum Gasteiger partial charge on any atom is -0.449 e. The van der Waals surface area contributed by atoms with E-state index in [9.17, 15) is 13.2 Å². The molecule has 1 fully saturated rings. The molecular formula is C24H31N5O4S. The number of unbranched alkanes of at least 4 members (excludes halogenated alkanes) is 1. The second-order valence-electron chi connectivity index (χ2n) is 8.64. The Hall–Kier alpha value is -3.14. The minimum absolute atomic E-state index is 0.0311. The lowest BCUT2D eigenvalue weighted by Gasteiger charge is -2.25. The van der Waals surface area contributed by atoms with Crippen LogP contribution in [0.2, 0.25) is 0 Å². The number of aryl methyl sites for hydroxylation is 1. The van der Waals surface area contributed by atoms with Gasteiger partial charge in [0.1, 0.15) is 12.1 Å². The number of nitrogens with one attached hydrogen (secondary N) is 1. The van der Waals surface area contributed by atoms with Gasteiger partial charge in [-0.15, -0.1) is 0 Å². The number of amides is 1. The van der Waals surface area contributed by atoms with Crippen molar-refractivity contribution in [3.05, 3.63) is 48.4 Å². The highest BCUT2D eigenvalue weighted by molar-refractivity contribution is 7.90. The van der Waals surface area contributed by atoms with Crippen LogP contribution in [-0.2, 0) is 14.8 Å². The molecule has 0 bridgehead atoms. The van der Waals surface area contributed by atoms with Crippen molar-refractivity contribution in [1.29, 1.82) is 0 Å². The van der Waals surface area contributed by atoms with Crippen molar-refractivity contribution in [2.45, 2.75) is 56.9 Å². The molecule has 2 aromatic heterocycles. The molecule has 0 spiro atoms. The maximum absolute atomic E-state index is 13.2. The average Bonchev–Trinajstić information content (AvgIpc) is 3.14. The number of likely N-dealkylation sites (tertiary alicyclic amines) is 1. The van der Waals surface area contributed by atoms with Crippen LogP contribution in [0.25, 0.3) is 11.0 Å². The lowest BCUT2D eigenvalue weighted by Crippen LogP contribution is -2.39. The van der Waals surface area contributed by atoms with Gasteiger partial charge in [0, 0.05) is 25.3 Å². The Bertz CT molecular complexity index is 1240. The molecule has 182 valence electrons. The molecule has 34 heavy (non-hydrogen) atoms. The van der Waals surface area contributed by atoms with Gasteiger partial charge in [-0.05, 0) is 50.8 Å². The summed E-state index contributed by atoms with van der Waals surface area (Å²) in [7, 11) is -3.80. The topological polar surface area (TPSA) is 106 Å². The molecule has 0 radical (unpaired) electrons. The molecule has 1 atom stereocenters. The quantitative estimate of drug-likeness (QED) is 0.500. The van der Waals surface area contributed by atoms with Gasteiger partial charge in [-0.25, -0.2) is 27.2 Å². The van der Waals surface area contributed by atoms with Gasteiger partial charge in [0.2, 0.25) is 0 Å². The molecule has 3 heterocycles. The zero-order valence-corrected chi connectivity index (χ0v) is 20.4. The third-order valence-corrected chi connectivity index (χ3v) is 7.70. The number of carbonyl (C=O) groups is 1. The van der Waals surface area contributed by atoms with Crippen LogP contribution in [0, 0.1) is 6.92 Å². The van der Waals surface area contributed by atoms with Crippen LogP contribution in [0.4, 0.5) is 10.6 Å². The van der Waals surface area contributed by atoms with Gasteiger partial charge < -0.3 is 15.0 Å². The summed E-state index contributed by atoms with van der Waals surface area (Å²) < 4.78 is 33.0. The highest BCUT2D eigenvalue weighted by atomic mass is 32.2. The molecule has 0 aliphatic carbocycles. The minimum atomic E-state index is -3.80. The van der Waals surface area contributed by atoms with Gasteiger partial charge in [-0.1, -0.05) is 31.0 Å². The highest BCUT2D eigenvalue weighted by Crippen LogP contribution is 2.26. The van der Waals surface area contributed by atoms with E-state index in [0.717, 1.165) is 37.7 Å². The Morgan fingerprint density at radius 3 is 2.74 bits per heavy atom. The van der Waals surface area contributed by atoms with Crippen LogP contribution < -0.4 is 5.32 Å². The summed E-state index contributed by atoms with van der Waals surface area (Å²) in [6.07, 6.45) is 7.14. The number of ether oxygens (including phenoxy) is 1. The van der Waals surface area contributed by atoms with E-state index in [1.54, 1.807) is 35.2 Å². The molecule has 3 aromatic rings. The third-order valence-electron chi connectivity index (χ3n) is 6.02. The summed E-state index contributed by atoms with van der Waals surface area (Å²) in [5.41, 5.74) is 1.29. The summed E-state index contributed by atoms with van der Waals surface area (Å²) in [4.78, 5) is 23.1. The maximum atomic E-state index is 13.2. The molecule has 0 saturated carbocycles. The first kappa shape index (κ1) is 24.0. The number of fused-ring (bicyclic) bond motifs is 1. The van der Waals surface area contributed by atoms with Gasteiger partial charge in [0.05, 0.1) is 16.9 Å². The molecule has 1 unspecified atom stereocenters. The molecule has 1 saturated heterocycles. The van der Waals surface area contributed by atoms with E-state index in [1.807, 2.05) is 6.92 Å². The van der Waals surface area contributed by atoms with Crippen LogP contribution >= 0.6 is 0 Å². The van der Waals surface area contributed by atoms with E-state index >= 15 is 0 Å². The Balaban J connectivity index is 1.55. The first-order valence-electron chi connectivity index (χ1n) is 11.7. The predicted octanol–water partition coefficient (Wildman–Crippen LogP) is 4.18. The van der Waals surface area contributed by atoms with E-state index in [-0.39, 0.29) is 17.0 Å². The number of nitrogens with zero attached hydrogens (tertiary/aromatic N) is 4. The maximum Gasteiger partial charge on any atom is 0.409 e. The van der Waals surface area contributed by atoms with Crippen LogP contribution in [-0.4, -0.2) is 59.1 Å². The van der Waals surface area contributed by atoms with Crippen LogP contribution in [0.15, 0.2) is 47.8 Å². The van der Waals surface area contributed by atoms with E-state index in [4.69, 9.17) is 4.74 Å². The fraction of sp³-hybridized carbons (Fsp3) is 0.458. The van der Waals surface area contributed by atoms with Crippen molar-refractivity contribution < 1.29 is 17.9 Å². The second-order valence-corrected chi connectivity index (χ2v) is 10.5. The van der Waals surface area contributed by atoms with Crippen LogP contribution in [0.5, 0.6) is 0 Å². The SMILES string of the molecule is CCCCOC(=O)N1CCCCC(Nc2ncnc3c2ccn3S(=O)(=O)c2ccc(C)cc2)C1. The highest BCUT2D eigenvalue weighted by Gasteiger charge is 2.25. The molecule has 1 aromatic carbocycles. The van der Waals surface area contributed by atoms with E-state index in [0.29, 0.717) is 36.5 Å². The molecule has 1 aliphatic rings. The van der Waals surface area contributed by atoms with Crippen LogP contribution in [0.1, 0.15) is 44.6 Å². The van der Waals surface area contributed by atoms with Crippen molar-refractivity contribution in [2.24, 2.45) is 0 Å². The van der Waals surface area contributed by atoms with Gasteiger partial charge in [0.15, 0.2) is 5.65 Å². The molecule has 1 N–H and O–H groups in total. The number of benzene rings is 1. The second kappa shape index (κ2) is 10.4. The zero-order valence-electron chi connectivity index (χ0n) is 19.6. The van der Waals surface area contributed by atoms with E-state index in [1.165, 1.54) is 16.5 Å². The molecule has 4 rings (SSSR count). The number of aromatic nitrogens is 3. The van der Waals surface area contributed by atoms with Gasteiger partial charge in [0.25, 0.3) is 10.0 Å². The van der Waals surface area contributed by atoms with E-state index in [2.05, 4.69) is 22.2 Å². The average molecular weight is 486 g/mol. The van der Waals surface area contributed by atoms with Gasteiger partial charge in [-0.2, -0.15) is 0 Å². The third kappa shape index (κ3) is 5.16.